The van der Waals surface area contributed by atoms with E-state index in [-0.39, 0.29) is 11.5 Å². The van der Waals surface area contributed by atoms with Gasteiger partial charge in [-0.15, -0.1) is 0 Å². The number of hydrogen-bond donors (Lipinski definition) is 2. The van der Waals surface area contributed by atoms with Crippen LogP contribution in [-0.2, 0) is 0 Å². The fourth-order valence-electron chi connectivity index (χ4n) is 1.72. The molecule has 0 amide bonds. The number of carboxylic acids is 1. The van der Waals surface area contributed by atoms with E-state index in [1.165, 1.54) is 12.1 Å². The van der Waals surface area contributed by atoms with Gasteiger partial charge in [-0.3, -0.25) is 10.1 Å². The maximum atomic E-state index is 13.7. The monoisotopic (exact) mass is 291 g/mol. The van der Waals surface area contributed by atoms with Crippen molar-refractivity contribution >= 4 is 23.2 Å². The van der Waals surface area contributed by atoms with Crippen LogP contribution < -0.4 is 5.32 Å². The van der Waals surface area contributed by atoms with Crippen LogP contribution in [0.1, 0.15) is 15.9 Å². The van der Waals surface area contributed by atoms with E-state index in [0.29, 0.717) is 5.56 Å². The number of anilines is 2. The highest BCUT2D eigenvalue weighted by Crippen LogP contribution is 2.26. The second-order valence-electron chi connectivity index (χ2n) is 4.21. The predicted molar refractivity (Wildman–Crippen MR) is 72.3 cm³/mol. The Morgan fingerprint density at radius 1 is 1.48 bits per heavy atom. The standard InChI is InChI=1S/C13H10FN3O4/c1-7-3-2-4-10(14)11(7)16-12-9(13(18)19)5-8(6-15-12)17(20)21/h2-6H,1H3,(H,15,16)(H,18,19). The lowest BCUT2D eigenvalue weighted by Gasteiger charge is -2.11. The van der Waals surface area contributed by atoms with Crippen LogP contribution in [0.15, 0.2) is 30.5 Å². The van der Waals surface area contributed by atoms with Gasteiger partial charge in [-0.05, 0) is 18.6 Å². The molecule has 8 heteroatoms. The number of benzene rings is 1. The number of aromatic nitrogens is 1. The van der Waals surface area contributed by atoms with E-state index < -0.39 is 28.0 Å². The molecule has 0 saturated carbocycles. The van der Waals surface area contributed by atoms with Crippen LogP contribution in [0.25, 0.3) is 0 Å². The van der Waals surface area contributed by atoms with E-state index in [2.05, 4.69) is 10.3 Å². The lowest BCUT2D eigenvalue weighted by molar-refractivity contribution is -0.385. The van der Waals surface area contributed by atoms with Crippen molar-refractivity contribution in [1.29, 1.82) is 0 Å². The van der Waals surface area contributed by atoms with Crippen molar-refractivity contribution in [2.45, 2.75) is 6.92 Å². The molecule has 0 fully saturated rings. The first-order chi connectivity index (χ1) is 9.90. The summed E-state index contributed by atoms with van der Waals surface area (Å²) in [6.07, 6.45) is 0.908. The predicted octanol–water partition coefficient (Wildman–Crippen LogP) is 2.88. The third-order valence-electron chi connectivity index (χ3n) is 2.78. The zero-order valence-corrected chi connectivity index (χ0v) is 10.8. The summed E-state index contributed by atoms with van der Waals surface area (Å²) in [5, 5.41) is 22.3. The van der Waals surface area contributed by atoms with Crippen LogP contribution in [0.4, 0.5) is 21.6 Å². The van der Waals surface area contributed by atoms with Gasteiger partial charge in [0.15, 0.2) is 0 Å². The molecule has 0 aliphatic heterocycles. The molecule has 1 aromatic carbocycles. The number of halogens is 1. The number of aromatic carboxylic acids is 1. The molecule has 1 aromatic heterocycles. The minimum Gasteiger partial charge on any atom is -0.478 e. The summed E-state index contributed by atoms with van der Waals surface area (Å²) in [6.45, 7) is 1.64. The van der Waals surface area contributed by atoms with Crippen molar-refractivity contribution in [2.75, 3.05) is 5.32 Å². The molecule has 1 heterocycles. The van der Waals surface area contributed by atoms with Crippen LogP contribution >= 0.6 is 0 Å². The average Bonchev–Trinajstić information content (AvgIpc) is 2.42. The molecule has 0 spiro atoms. The lowest BCUT2D eigenvalue weighted by Crippen LogP contribution is -2.07. The highest BCUT2D eigenvalue weighted by Gasteiger charge is 2.19. The third kappa shape index (κ3) is 2.94. The smallest absolute Gasteiger partial charge is 0.339 e. The first-order valence-electron chi connectivity index (χ1n) is 5.80. The van der Waals surface area contributed by atoms with Gasteiger partial charge in [-0.1, -0.05) is 12.1 Å². The van der Waals surface area contributed by atoms with E-state index in [1.54, 1.807) is 13.0 Å². The second kappa shape index (κ2) is 5.53. The molecule has 2 rings (SSSR count). The van der Waals surface area contributed by atoms with Crippen molar-refractivity contribution in [1.82, 2.24) is 4.98 Å². The summed E-state index contributed by atoms with van der Waals surface area (Å²) in [6, 6.07) is 5.23. The Bertz CT molecular complexity index is 713. The zero-order valence-electron chi connectivity index (χ0n) is 10.8. The largest absolute Gasteiger partial charge is 0.478 e. The fourth-order valence-corrected chi connectivity index (χ4v) is 1.72. The first kappa shape index (κ1) is 14.4. The number of nitro groups is 1. The molecular formula is C13H10FN3O4. The van der Waals surface area contributed by atoms with Crippen LogP contribution in [0, 0.1) is 22.9 Å². The normalized spacial score (nSPS) is 10.2. The van der Waals surface area contributed by atoms with Gasteiger partial charge in [0.25, 0.3) is 5.69 Å². The number of carbonyl (C=O) groups is 1. The molecule has 2 N–H and O–H groups in total. The second-order valence-corrected chi connectivity index (χ2v) is 4.21. The molecule has 0 atom stereocenters. The van der Waals surface area contributed by atoms with Crippen LogP contribution in [0.2, 0.25) is 0 Å². The first-order valence-corrected chi connectivity index (χ1v) is 5.80. The molecule has 108 valence electrons. The molecule has 0 radical (unpaired) electrons. The average molecular weight is 291 g/mol. The van der Waals surface area contributed by atoms with E-state index in [0.717, 1.165) is 12.3 Å². The van der Waals surface area contributed by atoms with Crippen molar-refractivity contribution < 1.29 is 19.2 Å². The maximum Gasteiger partial charge on any atom is 0.339 e. The summed E-state index contributed by atoms with van der Waals surface area (Å²) in [7, 11) is 0. The maximum absolute atomic E-state index is 13.7. The van der Waals surface area contributed by atoms with Crippen molar-refractivity contribution in [3.8, 4) is 0 Å². The van der Waals surface area contributed by atoms with Gasteiger partial charge < -0.3 is 10.4 Å². The van der Waals surface area contributed by atoms with Gasteiger partial charge in [0.1, 0.15) is 23.4 Å². The fraction of sp³-hybridized carbons (Fsp3) is 0.0769. The lowest BCUT2D eigenvalue weighted by atomic mass is 10.1. The Morgan fingerprint density at radius 3 is 2.76 bits per heavy atom. The van der Waals surface area contributed by atoms with Gasteiger partial charge in [0, 0.05) is 6.07 Å². The van der Waals surface area contributed by atoms with Crippen LogP contribution in [0.5, 0.6) is 0 Å². The number of carboxylic acid groups (broad SMARTS) is 1. The topological polar surface area (TPSA) is 105 Å². The number of pyridine rings is 1. The Labute approximate surface area is 118 Å². The summed E-state index contributed by atoms with van der Waals surface area (Å²) in [5.74, 6) is -2.14. The van der Waals surface area contributed by atoms with Crippen LogP contribution in [0.3, 0.4) is 0 Å². The third-order valence-corrected chi connectivity index (χ3v) is 2.78. The Morgan fingerprint density at radius 2 is 2.19 bits per heavy atom. The van der Waals surface area contributed by atoms with Crippen molar-refractivity contribution in [2.24, 2.45) is 0 Å². The van der Waals surface area contributed by atoms with Crippen LogP contribution in [-0.4, -0.2) is 21.0 Å². The molecule has 2 aromatic rings. The van der Waals surface area contributed by atoms with E-state index in [4.69, 9.17) is 5.11 Å². The minimum atomic E-state index is -1.40. The van der Waals surface area contributed by atoms with Crippen molar-refractivity contribution in [3.05, 3.63) is 57.5 Å². The van der Waals surface area contributed by atoms with Gasteiger partial charge in [-0.2, -0.15) is 0 Å². The Kier molecular flexibility index (Phi) is 3.79. The van der Waals surface area contributed by atoms with Gasteiger partial charge >= 0.3 is 5.97 Å². The Hall–Kier alpha value is -3.03. The molecule has 0 bridgehead atoms. The number of para-hydroxylation sites is 1. The highest BCUT2D eigenvalue weighted by atomic mass is 19.1. The number of nitrogens with zero attached hydrogens (tertiary/aromatic N) is 2. The van der Waals surface area contributed by atoms with E-state index in [1.807, 2.05) is 0 Å². The summed E-state index contributed by atoms with van der Waals surface area (Å²) in [5.41, 5.74) is -0.247. The molecule has 0 aliphatic rings. The number of rotatable bonds is 4. The summed E-state index contributed by atoms with van der Waals surface area (Å²) >= 11 is 0. The minimum absolute atomic E-state index is 0.0707. The molecule has 0 saturated heterocycles. The Balaban J connectivity index is 2.49. The summed E-state index contributed by atoms with van der Waals surface area (Å²) < 4.78 is 13.7. The molecule has 7 nitrogen and oxygen atoms in total. The number of hydrogen-bond acceptors (Lipinski definition) is 5. The van der Waals surface area contributed by atoms with Crippen molar-refractivity contribution in [3.63, 3.8) is 0 Å². The van der Waals surface area contributed by atoms with Gasteiger partial charge in [0.2, 0.25) is 0 Å². The number of aryl methyl sites for hydroxylation is 1. The molecule has 21 heavy (non-hydrogen) atoms. The van der Waals surface area contributed by atoms with E-state index >= 15 is 0 Å². The molecule has 0 aliphatic carbocycles. The zero-order chi connectivity index (χ0) is 15.6. The van der Waals surface area contributed by atoms with Gasteiger partial charge in [-0.25, -0.2) is 14.2 Å². The molecular weight excluding hydrogens is 281 g/mol. The quantitative estimate of drug-likeness (QED) is 0.662. The number of nitrogens with one attached hydrogen (secondary N) is 1. The highest BCUT2D eigenvalue weighted by molar-refractivity contribution is 5.94. The SMILES string of the molecule is Cc1cccc(F)c1Nc1ncc([N+](=O)[O-])cc1C(=O)O. The summed E-state index contributed by atoms with van der Waals surface area (Å²) in [4.78, 5) is 24.8. The van der Waals surface area contributed by atoms with Gasteiger partial charge in [0.05, 0.1) is 10.6 Å². The molecule has 0 unspecified atom stereocenters. The van der Waals surface area contributed by atoms with E-state index in [9.17, 15) is 19.3 Å².